The van der Waals surface area contributed by atoms with Gasteiger partial charge in [-0.15, -0.1) is 11.3 Å². The van der Waals surface area contributed by atoms with Crippen molar-refractivity contribution in [1.29, 1.82) is 5.26 Å². The average molecular weight is 383 g/mol. The number of thiophene rings is 1. The quantitative estimate of drug-likeness (QED) is 0.800. The van der Waals surface area contributed by atoms with Gasteiger partial charge in [0.15, 0.2) is 0 Å². The van der Waals surface area contributed by atoms with E-state index in [0.717, 1.165) is 36.5 Å². The van der Waals surface area contributed by atoms with Crippen LogP contribution in [0.5, 0.6) is 0 Å². The van der Waals surface area contributed by atoms with Gasteiger partial charge in [0, 0.05) is 23.5 Å². The predicted octanol–water partition coefficient (Wildman–Crippen LogP) is 3.43. The lowest BCUT2D eigenvalue weighted by atomic mass is 10.0. The normalized spacial score (nSPS) is 13.5. The van der Waals surface area contributed by atoms with Crippen LogP contribution >= 0.6 is 11.3 Å². The molecule has 7 heteroatoms. The molecule has 0 spiro atoms. The highest BCUT2D eigenvalue weighted by molar-refractivity contribution is 7.17. The molecular formula is C20H21N3O3S. The minimum absolute atomic E-state index is 0.285. The minimum Gasteiger partial charge on any atom is -0.462 e. The summed E-state index contributed by atoms with van der Waals surface area (Å²) in [6, 6.07) is 8.42. The van der Waals surface area contributed by atoms with Crippen molar-refractivity contribution in [2.45, 2.75) is 26.8 Å². The number of hydrogen-bond acceptors (Lipinski definition) is 6. The number of carbonyl (C=O) groups excluding carboxylic acids is 2. The van der Waals surface area contributed by atoms with Crippen LogP contribution in [-0.2, 0) is 17.7 Å². The highest BCUT2D eigenvalue weighted by Gasteiger charge is 2.29. The van der Waals surface area contributed by atoms with Gasteiger partial charge in [-0.2, -0.15) is 5.26 Å². The number of hydrogen-bond donors (Lipinski definition) is 1. The van der Waals surface area contributed by atoms with Crippen molar-refractivity contribution in [2.75, 3.05) is 25.0 Å². The summed E-state index contributed by atoms with van der Waals surface area (Å²) < 4.78 is 5.23. The Morgan fingerprint density at radius 1 is 1.30 bits per heavy atom. The van der Waals surface area contributed by atoms with Crippen LogP contribution in [0.15, 0.2) is 24.3 Å². The maximum Gasteiger partial charge on any atom is 0.341 e. The smallest absolute Gasteiger partial charge is 0.341 e. The molecular weight excluding hydrogens is 362 g/mol. The molecule has 0 unspecified atom stereocenters. The predicted molar refractivity (Wildman–Crippen MR) is 104 cm³/mol. The van der Waals surface area contributed by atoms with Gasteiger partial charge in [0.1, 0.15) is 5.00 Å². The molecule has 0 atom stereocenters. The molecule has 0 fully saturated rings. The Morgan fingerprint density at radius 2 is 2.04 bits per heavy atom. The van der Waals surface area contributed by atoms with E-state index in [4.69, 9.17) is 10.00 Å². The minimum atomic E-state index is -0.393. The zero-order chi connectivity index (χ0) is 19.4. The van der Waals surface area contributed by atoms with Crippen LogP contribution in [0.2, 0.25) is 0 Å². The van der Waals surface area contributed by atoms with Gasteiger partial charge in [0.25, 0.3) is 5.91 Å². The van der Waals surface area contributed by atoms with E-state index in [-0.39, 0.29) is 12.5 Å². The summed E-state index contributed by atoms with van der Waals surface area (Å²) in [5.74, 6) is -0.703. The number of rotatable bonds is 5. The molecule has 1 amide bonds. The van der Waals surface area contributed by atoms with Gasteiger partial charge < -0.3 is 10.1 Å². The molecule has 2 aromatic rings. The number of nitrogens with zero attached hydrogens (tertiary/aromatic N) is 2. The zero-order valence-corrected chi connectivity index (χ0v) is 16.2. The number of benzene rings is 1. The van der Waals surface area contributed by atoms with E-state index in [1.165, 1.54) is 11.3 Å². The Kier molecular flexibility index (Phi) is 5.89. The number of carbonyl (C=O) groups is 2. The first-order chi connectivity index (χ1) is 13.1. The first-order valence-corrected chi connectivity index (χ1v) is 9.74. The second kappa shape index (κ2) is 8.33. The van der Waals surface area contributed by atoms with Gasteiger partial charge in [-0.1, -0.05) is 6.92 Å². The Balaban J connectivity index is 1.91. The van der Waals surface area contributed by atoms with Crippen LogP contribution in [0.1, 0.15) is 50.6 Å². The van der Waals surface area contributed by atoms with E-state index in [9.17, 15) is 9.59 Å². The largest absolute Gasteiger partial charge is 0.462 e. The fourth-order valence-corrected chi connectivity index (χ4v) is 4.38. The third kappa shape index (κ3) is 4.02. The number of fused-ring (bicyclic) bond motifs is 1. The summed E-state index contributed by atoms with van der Waals surface area (Å²) >= 11 is 1.44. The summed E-state index contributed by atoms with van der Waals surface area (Å²) in [5, 5.41) is 12.3. The Labute approximate surface area is 162 Å². The number of ether oxygens (including phenoxy) is 1. The highest BCUT2D eigenvalue weighted by atomic mass is 32.1. The Hall–Kier alpha value is -2.69. The van der Waals surface area contributed by atoms with E-state index in [0.29, 0.717) is 21.7 Å². The molecule has 3 rings (SSSR count). The van der Waals surface area contributed by atoms with Crippen molar-refractivity contribution in [3.63, 3.8) is 0 Å². The molecule has 1 aliphatic heterocycles. The topological polar surface area (TPSA) is 82.4 Å². The molecule has 1 aromatic carbocycles. The van der Waals surface area contributed by atoms with E-state index < -0.39 is 5.97 Å². The number of anilines is 1. The average Bonchev–Trinajstić information content (AvgIpc) is 3.04. The second-order valence-corrected chi connectivity index (χ2v) is 7.30. The van der Waals surface area contributed by atoms with Crippen molar-refractivity contribution in [3.05, 3.63) is 51.4 Å². The fraction of sp³-hybridized carbons (Fsp3) is 0.350. The van der Waals surface area contributed by atoms with Crippen molar-refractivity contribution in [1.82, 2.24) is 4.90 Å². The van der Waals surface area contributed by atoms with E-state index in [1.54, 1.807) is 31.2 Å². The lowest BCUT2D eigenvalue weighted by Gasteiger charge is -2.25. The molecule has 1 aliphatic rings. The van der Waals surface area contributed by atoms with Crippen molar-refractivity contribution >= 4 is 28.2 Å². The van der Waals surface area contributed by atoms with Crippen LogP contribution in [0.4, 0.5) is 5.00 Å². The highest BCUT2D eigenvalue weighted by Crippen LogP contribution is 2.37. The molecule has 2 heterocycles. The van der Waals surface area contributed by atoms with Crippen LogP contribution in [0.25, 0.3) is 0 Å². The van der Waals surface area contributed by atoms with Crippen LogP contribution < -0.4 is 5.32 Å². The number of amides is 1. The number of nitrogens with one attached hydrogen (secondary N) is 1. The molecule has 0 saturated carbocycles. The fourth-order valence-electron chi connectivity index (χ4n) is 3.10. The molecule has 0 radical (unpaired) electrons. The summed E-state index contributed by atoms with van der Waals surface area (Å²) in [6.45, 7) is 6.76. The SMILES string of the molecule is CCOC(=O)c1c(NC(=O)c2ccc(C#N)cc2)sc2c1CCN(CC)C2. The molecule has 27 heavy (non-hydrogen) atoms. The van der Waals surface area contributed by atoms with Gasteiger partial charge in [0.05, 0.1) is 23.8 Å². The Morgan fingerprint density at radius 3 is 2.67 bits per heavy atom. The molecule has 0 saturated heterocycles. The maximum atomic E-state index is 12.6. The van der Waals surface area contributed by atoms with Gasteiger partial charge in [-0.25, -0.2) is 4.79 Å². The monoisotopic (exact) mass is 383 g/mol. The summed E-state index contributed by atoms with van der Waals surface area (Å²) in [4.78, 5) is 28.6. The molecule has 1 aromatic heterocycles. The number of nitriles is 1. The molecule has 6 nitrogen and oxygen atoms in total. The number of esters is 1. The lowest BCUT2D eigenvalue weighted by Crippen LogP contribution is -2.30. The summed E-state index contributed by atoms with van der Waals surface area (Å²) in [7, 11) is 0. The lowest BCUT2D eigenvalue weighted by molar-refractivity contribution is 0.0526. The van der Waals surface area contributed by atoms with Gasteiger partial charge in [0.2, 0.25) is 0 Å². The van der Waals surface area contributed by atoms with Crippen LogP contribution in [0.3, 0.4) is 0 Å². The van der Waals surface area contributed by atoms with Gasteiger partial charge in [-0.3, -0.25) is 9.69 Å². The molecule has 0 aliphatic carbocycles. The molecule has 1 N–H and O–H groups in total. The van der Waals surface area contributed by atoms with Gasteiger partial charge in [-0.05, 0) is 49.7 Å². The third-order valence-electron chi connectivity index (χ3n) is 4.57. The van der Waals surface area contributed by atoms with Crippen LogP contribution in [-0.4, -0.2) is 36.5 Å². The maximum absolute atomic E-state index is 12.6. The first-order valence-electron chi connectivity index (χ1n) is 8.92. The Bertz CT molecular complexity index is 896. The van der Waals surface area contributed by atoms with Gasteiger partial charge >= 0.3 is 5.97 Å². The molecule has 140 valence electrons. The van der Waals surface area contributed by atoms with Crippen molar-refractivity contribution < 1.29 is 14.3 Å². The molecule has 0 bridgehead atoms. The van der Waals surface area contributed by atoms with Crippen molar-refractivity contribution in [2.24, 2.45) is 0 Å². The van der Waals surface area contributed by atoms with Crippen LogP contribution in [0, 0.1) is 11.3 Å². The summed E-state index contributed by atoms with van der Waals surface area (Å²) in [5.41, 5.74) is 2.39. The van der Waals surface area contributed by atoms with E-state index in [2.05, 4.69) is 17.1 Å². The zero-order valence-electron chi connectivity index (χ0n) is 15.4. The second-order valence-electron chi connectivity index (χ2n) is 6.19. The van der Waals surface area contributed by atoms with E-state index >= 15 is 0 Å². The third-order valence-corrected chi connectivity index (χ3v) is 5.70. The van der Waals surface area contributed by atoms with E-state index in [1.807, 2.05) is 6.07 Å². The number of likely N-dealkylation sites (N-methyl/N-ethyl adjacent to an activating group) is 1. The van der Waals surface area contributed by atoms with Crippen molar-refractivity contribution in [3.8, 4) is 6.07 Å². The standard InChI is InChI=1S/C20H21N3O3S/c1-3-23-10-9-15-16(12-23)27-19(17(15)20(25)26-4-2)22-18(24)14-7-5-13(11-21)6-8-14/h5-8H,3-4,9-10,12H2,1-2H3,(H,22,24). The summed E-state index contributed by atoms with van der Waals surface area (Å²) in [6.07, 6.45) is 0.764. The first kappa shape index (κ1) is 19.1.